The Morgan fingerprint density at radius 3 is 2.57 bits per heavy atom. The van der Waals surface area contributed by atoms with Crippen molar-refractivity contribution in [1.29, 1.82) is 0 Å². The van der Waals surface area contributed by atoms with Crippen molar-refractivity contribution < 1.29 is 23.1 Å². The molecule has 2 aliphatic heterocycles. The highest BCUT2D eigenvalue weighted by atomic mass is 19.1. The van der Waals surface area contributed by atoms with Gasteiger partial charge in [0.2, 0.25) is 5.91 Å². The number of alkyl halides is 1. The molecule has 30 heavy (non-hydrogen) atoms. The van der Waals surface area contributed by atoms with Crippen LogP contribution in [0.1, 0.15) is 35.4 Å². The fraction of sp³-hybridized carbons (Fsp3) is 0.435. The van der Waals surface area contributed by atoms with Gasteiger partial charge in [0.25, 0.3) is 0 Å². The van der Waals surface area contributed by atoms with Gasteiger partial charge in [-0.25, -0.2) is 13.2 Å². The van der Waals surface area contributed by atoms with Crippen molar-refractivity contribution >= 4 is 5.91 Å². The summed E-state index contributed by atoms with van der Waals surface area (Å²) < 4.78 is 42.4. The van der Waals surface area contributed by atoms with E-state index in [1.54, 1.807) is 24.0 Å². The topological polar surface area (TPSA) is 43.8 Å². The zero-order chi connectivity index (χ0) is 21.4. The number of nitrogens with zero attached hydrogens (tertiary/aromatic N) is 2. The van der Waals surface area contributed by atoms with Crippen LogP contribution in [0.2, 0.25) is 0 Å². The lowest BCUT2D eigenvalue weighted by molar-refractivity contribution is -0.133. The number of likely N-dealkylation sites (tertiary alicyclic amines) is 2. The number of carbonyl (C=O) groups excluding carboxylic acids is 1. The van der Waals surface area contributed by atoms with E-state index in [1.165, 1.54) is 18.2 Å². The minimum absolute atomic E-state index is 0.0580. The highest BCUT2D eigenvalue weighted by Crippen LogP contribution is 2.34. The number of rotatable bonds is 4. The molecule has 0 aliphatic carbocycles. The molecule has 3 atom stereocenters. The van der Waals surface area contributed by atoms with E-state index in [2.05, 4.69) is 0 Å². The summed E-state index contributed by atoms with van der Waals surface area (Å²) in [7, 11) is 0. The number of carbonyl (C=O) groups is 1. The van der Waals surface area contributed by atoms with E-state index in [0.717, 1.165) is 5.56 Å². The number of aryl methyl sites for hydroxylation is 1. The van der Waals surface area contributed by atoms with Crippen LogP contribution < -0.4 is 0 Å². The molecule has 1 amide bonds. The number of halogens is 3. The van der Waals surface area contributed by atoms with E-state index in [-0.39, 0.29) is 24.3 Å². The van der Waals surface area contributed by atoms with Crippen molar-refractivity contribution in [2.24, 2.45) is 0 Å². The van der Waals surface area contributed by atoms with Gasteiger partial charge in [-0.1, -0.05) is 18.2 Å². The summed E-state index contributed by atoms with van der Waals surface area (Å²) in [6, 6.07) is 8.58. The Morgan fingerprint density at radius 1 is 1.07 bits per heavy atom. The third kappa shape index (κ3) is 4.03. The highest BCUT2D eigenvalue weighted by molar-refractivity contribution is 5.84. The lowest BCUT2D eigenvalue weighted by atomic mass is 9.87. The number of aromatic hydroxyl groups is 1. The Balaban J connectivity index is 1.39. The smallest absolute Gasteiger partial charge is 0.240 e. The van der Waals surface area contributed by atoms with Crippen LogP contribution in [0.25, 0.3) is 0 Å². The lowest BCUT2D eigenvalue weighted by Gasteiger charge is -2.37. The average molecular weight is 418 g/mol. The van der Waals surface area contributed by atoms with Gasteiger partial charge in [0.1, 0.15) is 12.0 Å². The van der Waals surface area contributed by atoms with E-state index in [0.29, 0.717) is 43.6 Å². The summed E-state index contributed by atoms with van der Waals surface area (Å²) in [6.45, 7) is 3.24. The number of piperidine rings is 1. The van der Waals surface area contributed by atoms with Gasteiger partial charge < -0.3 is 10.0 Å². The normalized spacial score (nSPS) is 25.1. The van der Waals surface area contributed by atoms with Crippen molar-refractivity contribution in [3.63, 3.8) is 0 Å². The van der Waals surface area contributed by atoms with Gasteiger partial charge in [0.15, 0.2) is 11.6 Å². The van der Waals surface area contributed by atoms with Crippen LogP contribution >= 0.6 is 0 Å². The average Bonchev–Trinajstić information content (AvgIpc) is 3.07. The summed E-state index contributed by atoms with van der Waals surface area (Å²) in [5.74, 6) is -2.01. The maximum atomic E-state index is 14.9. The van der Waals surface area contributed by atoms with Crippen LogP contribution in [0.4, 0.5) is 13.2 Å². The predicted molar refractivity (Wildman–Crippen MR) is 107 cm³/mol. The molecule has 2 fully saturated rings. The van der Waals surface area contributed by atoms with Crippen LogP contribution in [-0.4, -0.2) is 52.7 Å². The van der Waals surface area contributed by atoms with Crippen molar-refractivity contribution in [3.8, 4) is 5.75 Å². The lowest BCUT2D eigenvalue weighted by Crippen LogP contribution is -2.49. The Kier molecular flexibility index (Phi) is 5.73. The quantitative estimate of drug-likeness (QED) is 0.819. The van der Waals surface area contributed by atoms with E-state index >= 15 is 0 Å². The van der Waals surface area contributed by atoms with E-state index in [4.69, 9.17) is 0 Å². The molecule has 2 aliphatic rings. The van der Waals surface area contributed by atoms with Gasteiger partial charge in [0.05, 0.1) is 6.04 Å². The highest BCUT2D eigenvalue weighted by Gasteiger charge is 2.40. The number of amides is 1. The number of phenolic OH excluding ortho intramolecular Hbond substituents is 1. The molecular weight excluding hydrogens is 393 g/mol. The second-order valence-corrected chi connectivity index (χ2v) is 8.26. The molecule has 0 radical (unpaired) electrons. The van der Waals surface area contributed by atoms with Gasteiger partial charge in [0, 0.05) is 25.6 Å². The molecule has 4 nitrogen and oxygen atoms in total. The Bertz CT molecular complexity index is 952. The van der Waals surface area contributed by atoms with E-state index in [9.17, 15) is 23.1 Å². The zero-order valence-corrected chi connectivity index (χ0v) is 16.8. The van der Waals surface area contributed by atoms with E-state index in [1.807, 2.05) is 11.0 Å². The molecule has 1 N–H and O–H groups in total. The molecule has 160 valence electrons. The van der Waals surface area contributed by atoms with Gasteiger partial charge in [-0.2, -0.15) is 0 Å². The molecule has 0 unspecified atom stereocenters. The molecule has 0 saturated carbocycles. The van der Waals surface area contributed by atoms with Crippen molar-refractivity contribution in [3.05, 3.63) is 64.7 Å². The second kappa shape index (κ2) is 8.30. The predicted octanol–water partition coefficient (Wildman–Crippen LogP) is 3.91. The number of hydrogen-bond acceptors (Lipinski definition) is 3. The van der Waals surface area contributed by atoms with Gasteiger partial charge >= 0.3 is 0 Å². The van der Waals surface area contributed by atoms with Crippen LogP contribution in [0, 0.1) is 18.6 Å². The van der Waals surface area contributed by atoms with Crippen LogP contribution in [-0.2, 0) is 11.3 Å². The molecule has 0 bridgehead atoms. The largest absolute Gasteiger partial charge is 0.505 e. The fourth-order valence-electron chi connectivity index (χ4n) is 4.51. The van der Waals surface area contributed by atoms with Crippen LogP contribution in [0.15, 0.2) is 36.4 Å². The third-order valence-electron chi connectivity index (χ3n) is 6.29. The first-order chi connectivity index (χ1) is 14.3. The molecule has 0 aromatic heterocycles. The first-order valence-electron chi connectivity index (χ1n) is 10.2. The maximum Gasteiger partial charge on any atom is 0.240 e. The molecule has 4 rings (SSSR count). The first kappa shape index (κ1) is 20.7. The third-order valence-corrected chi connectivity index (χ3v) is 6.29. The number of benzene rings is 2. The minimum Gasteiger partial charge on any atom is -0.505 e. The fourth-order valence-corrected chi connectivity index (χ4v) is 4.51. The molecule has 7 heteroatoms. The van der Waals surface area contributed by atoms with Gasteiger partial charge in [-0.15, -0.1) is 0 Å². The standard InChI is InChI=1S/C23H25F3N2O2/c1-14-2-3-15(10-18(14)24)12-28-9-7-21(23(28)30)27-8-6-17(20(26)13-27)16-4-5-22(29)19(25)11-16/h2-5,10-11,17,20-21,29H,6-9,12-13H2,1H3/t17-,20-,21-/m0/s1. The van der Waals surface area contributed by atoms with E-state index < -0.39 is 23.7 Å². The van der Waals surface area contributed by atoms with Gasteiger partial charge in [-0.3, -0.25) is 9.69 Å². The molecule has 2 aromatic carbocycles. The summed E-state index contributed by atoms with van der Waals surface area (Å²) in [4.78, 5) is 16.5. The SMILES string of the molecule is Cc1ccc(CN2CC[C@H](N3CC[C@@H](c4ccc(O)c(F)c4)[C@@H](F)C3)C2=O)cc1F. The van der Waals surface area contributed by atoms with Gasteiger partial charge in [-0.05, 0) is 61.2 Å². The number of hydrogen-bond donors (Lipinski definition) is 1. The monoisotopic (exact) mass is 418 g/mol. The molecule has 2 saturated heterocycles. The summed E-state index contributed by atoms with van der Waals surface area (Å²) in [5.41, 5.74) is 1.83. The number of phenols is 1. The van der Waals surface area contributed by atoms with Crippen molar-refractivity contribution in [1.82, 2.24) is 9.80 Å². The Labute approximate surface area is 173 Å². The summed E-state index contributed by atoms with van der Waals surface area (Å²) in [5, 5.41) is 9.34. The first-order valence-corrected chi connectivity index (χ1v) is 10.2. The minimum atomic E-state index is -1.23. The Morgan fingerprint density at radius 2 is 1.87 bits per heavy atom. The molecular formula is C23H25F3N2O2. The zero-order valence-electron chi connectivity index (χ0n) is 16.8. The molecule has 2 heterocycles. The maximum absolute atomic E-state index is 14.9. The molecule has 0 spiro atoms. The second-order valence-electron chi connectivity index (χ2n) is 8.26. The molecule has 2 aromatic rings. The van der Waals surface area contributed by atoms with Crippen molar-refractivity contribution in [2.75, 3.05) is 19.6 Å². The van der Waals surface area contributed by atoms with Crippen LogP contribution in [0.5, 0.6) is 5.75 Å². The summed E-state index contributed by atoms with van der Waals surface area (Å²) >= 11 is 0. The summed E-state index contributed by atoms with van der Waals surface area (Å²) in [6.07, 6.45) is -0.146. The van der Waals surface area contributed by atoms with Crippen LogP contribution in [0.3, 0.4) is 0 Å². The Hall–Kier alpha value is -2.54. The van der Waals surface area contributed by atoms with Crippen molar-refractivity contribution in [2.45, 2.75) is 44.4 Å².